The van der Waals surface area contributed by atoms with Gasteiger partial charge in [0.05, 0.1) is 12.0 Å². The summed E-state index contributed by atoms with van der Waals surface area (Å²) in [5.74, 6) is -0.419. The van der Waals surface area contributed by atoms with Gasteiger partial charge in [0.1, 0.15) is 4.88 Å². The second kappa shape index (κ2) is 6.67. The third-order valence-corrected chi connectivity index (χ3v) is 6.69. The maximum absolute atomic E-state index is 12.6. The van der Waals surface area contributed by atoms with E-state index in [9.17, 15) is 13.2 Å². The van der Waals surface area contributed by atoms with Gasteiger partial charge in [0.2, 0.25) is 0 Å². The molecule has 2 aromatic carbocycles. The smallest absolute Gasteiger partial charge is 0.348 e. The van der Waals surface area contributed by atoms with Crippen LogP contribution in [0, 0.1) is 6.92 Å². The first-order chi connectivity index (χ1) is 11.8. The lowest BCUT2D eigenvalue weighted by atomic mass is 10.2. The Labute approximate surface area is 154 Å². The number of anilines is 1. The number of methoxy groups -OCH3 is 1. The predicted molar refractivity (Wildman–Crippen MR) is 100 cm³/mol. The number of sulfonamides is 1. The molecule has 0 amide bonds. The molecule has 0 aliphatic heterocycles. The summed E-state index contributed by atoms with van der Waals surface area (Å²) in [6.07, 6.45) is 0. The van der Waals surface area contributed by atoms with E-state index >= 15 is 0 Å². The minimum absolute atomic E-state index is 0.126. The molecule has 0 fully saturated rings. The quantitative estimate of drug-likeness (QED) is 0.662. The van der Waals surface area contributed by atoms with Crippen molar-refractivity contribution in [2.24, 2.45) is 0 Å². The van der Waals surface area contributed by atoms with Crippen LogP contribution in [-0.2, 0) is 14.8 Å². The van der Waals surface area contributed by atoms with Crippen molar-refractivity contribution in [3.05, 3.63) is 57.9 Å². The van der Waals surface area contributed by atoms with Crippen molar-refractivity contribution in [3.8, 4) is 0 Å². The summed E-state index contributed by atoms with van der Waals surface area (Å²) in [5.41, 5.74) is 0.891. The number of halogens is 1. The Balaban J connectivity index is 1.97. The van der Waals surface area contributed by atoms with Gasteiger partial charge in [0.15, 0.2) is 0 Å². The van der Waals surface area contributed by atoms with Crippen LogP contribution in [0.15, 0.2) is 47.4 Å². The molecule has 25 heavy (non-hydrogen) atoms. The van der Waals surface area contributed by atoms with Crippen LogP contribution in [0.1, 0.15) is 15.2 Å². The molecule has 0 saturated carbocycles. The van der Waals surface area contributed by atoms with Crippen LogP contribution >= 0.6 is 22.9 Å². The first-order valence-corrected chi connectivity index (χ1v) is 9.89. The molecule has 1 heterocycles. The Kier molecular flexibility index (Phi) is 4.73. The summed E-state index contributed by atoms with van der Waals surface area (Å²) in [5, 5.41) is 1.15. The van der Waals surface area contributed by atoms with Gasteiger partial charge in [0, 0.05) is 15.4 Å². The van der Waals surface area contributed by atoms with E-state index in [1.54, 1.807) is 43.3 Å². The Bertz CT molecular complexity index is 1070. The minimum Gasteiger partial charge on any atom is -0.465 e. The molecule has 0 aliphatic carbocycles. The van der Waals surface area contributed by atoms with Crippen LogP contribution in [0.3, 0.4) is 0 Å². The Hall–Kier alpha value is -2.09. The van der Waals surface area contributed by atoms with E-state index in [0.717, 1.165) is 10.1 Å². The number of fused-ring (bicyclic) bond motifs is 1. The van der Waals surface area contributed by atoms with Gasteiger partial charge in [-0.25, -0.2) is 13.2 Å². The summed E-state index contributed by atoms with van der Waals surface area (Å²) in [6, 6.07) is 11.5. The molecule has 1 aromatic heterocycles. The molecular weight excluding hydrogens is 382 g/mol. The summed E-state index contributed by atoms with van der Waals surface area (Å²) in [7, 11) is -2.45. The molecule has 8 heteroatoms. The number of nitrogens with one attached hydrogen (secondary N) is 1. The number of hydrogen-bond donors (Lipinski definition) is 1. The monoisotopic (exact) mass is 395 g/mol. The standard InChI is InChI=1S/C17H14ClNO4S2/c1-10-13(18)4-3-5-16(10)25(21,22)19-12-6-7-14-11(8-12)9-15(24-14)17(20)23-2/h3-9,19H,1-2H3. The fourth-order valence-corrected chi connectivity index (χ4v) is 4.91. The number of rotatable bonds is 4. The van der Waals surface area contributed by atoms with E-state index in [-0.39, 0.29) is 4.90 Å². The molecule has 1 N–H and O–H groups in total. The zero-order valence-corrected chi connectivity index (χ0v) is 15.8. The van der Waals surface area contributed by atoms with Crippen LogP contribution in [-0.4, -0.2) is 21.5 Å². The van der Waals surface area contributed by atoms with Crippen LogP contribution in [0.5, 0.6) is 0 Å². The molecule has 0 atom stereocenters. The van der Waals surface area contributed by atoms with Crippen molar-refractivity contribution in [3.63, 3.8) is 0 Å². The number of esters is 1. The zero-order valence-electron chi connectivity index (χ0n) is 13.4. The summed E-state index contributed by atoms with van der Waals surface area (Å²) in [6.45, 7) is 1.65. The van der Waals surface area contributed by atoms with Gasteiger partial charge in [-0.3, -0.25) is 4.72 Å². The molecule has 0 aliphatic rings. The molecule has 130 valence electrons. The van der Waals surface area contributed by atoms with E-state index in [4.69, 9.17) is 16.3 Å². The summed E-state index contributed by atoms with van der Waals surface area (Å²) in [4.78, 5) is 12.2. The highest BCUT2D eigenvalue weighted by molar-refractivity contribution is 7.92. The number of carbonyl (C=O) groups is 1. The van der Waals surface area contributed by atoms with E-state index in [1.165, 1.54) is 24.5 Å². The average Bonchev–Trinajstić information content (AvgIpc) is 2.99. The maximum Gasteiger partial charge on any atom is 0.348 e. The van der Waals surface area contributed by atoms with Crippen molar-refractivity contribution >= 4 is 54.7 Å². The van der Waals surface area contributed by atoms with Gasteiger partial charge in [-0.2, -0.15) is 0 Å². The summed E-state index contributed by atoms with van der Waals surface area (Å²) < 4.78 is 33.4. The van der Waals surface area contributed by atoms with Gasteiger partial charge >= 0.3 is 5.97 Å². The lowest BCUT2D eigenvalue weighted by molar-refractivity contribution is 0.0606. The van der Waals surface area contributed by atoms with E-state index < -0.39 is 16.0 Å². The molecule has 3 rings (SSSR count). The fraction of sp³-hybridized carbons (Fsp3) is 0.118. The highest BCUT2D eigenvalue weighted by atomic mass is 35.5. The van der Waals surface area contributed by atoms with E-state index in [1.807, 2.05) is 0 Å². The van der Waals surface area contributed by atoms with Gasteiger partial charge in [-0.05, 0) is 54.3 Å². The SMILES string of the molecule is COC(=O)c1cc2cc(NS(=O)(=O)c3cccc(Cl)c3C)ccc2s1. The molecule has 0 unspecified atom stereocenters. The van der Waals surface area contributed by atoms with Crippen LogP contribution in [0.25, 0.3) is 10.1 Å². The number of ether oxygens (including phenoxy) is 1. The normalized spacial score (nSPS) is 11.5. The number of thiophene rings is 1. The van der Waals surface area contributed by atoms with Crippen molar-refractivity contribution < 1.29 is 17.9 Å². The molecule has 0 radical (unpaired) electrons. The van der Waals surface area contributed by atoms with Crippen molar-refractivity contribution in [1.82, 2.24) is 0 Å². The second-order valence-electron chi connectivity index (χ2n) is 5.32. The van der Waals surface area contributed by atoms with Crippen molar-refractivity contribution in [2.75, 3.05) is 11.8 Å². The average molecular weight is 396 g/mol. The van der Waals surface area contributed by atoms with Crippen molar-refractivity contribution in [1.29, 1.82) is 0 Å². The van der Waals surface area contributed by atoms with Gasteiger partial charge in [-0.1, -0.05) is 17.7 Å². The number of benzene rings is 2. The van der Waals surface area contributed by atoms with E-state index in [2.05, 4.69) is 4.72 Å². The van der Waals surface area contributed by atoms with Crippen LogP contribution in [0.2, 0.25) is 5.02 Å². The lowest BCUT2D eigenvalue weighted by Gasteiger charge is -2.11. The number of carbonyl (C=O) groups excluding carboxylic acids is 1. The Morgan fingerprint density at radius 1 is 1.20 bits per heavy atom. The highest BCUT2D eigenvalue weighted by Gasteiger charge is 2.19. The highest BCUT2D eigenvalue weighted by Crippen LogP contribution is 2.30. The zero-order chi connectivity index (χ0) is 18.2. The second-order valence-corrected chi connectivity index (χ2v) is 8.47. The van der Waals surface area contributed by atoms with Crippen LogP contribution in [0.4, 0.5) is 5.69 Å². The molecule has 0 bridgehead atoms. The predicted octanol–water partition coefficient (Wildman–Crippen LogP) is 4.45. The molecular formula is C17H14ClNO4S2. The fourth-order valence-electron chi connectivity index (χ4n) is 2.40. The van der Waals surface area contributed by atoms with Crippen molar-refractivity contribution in [2.45, 2.75) is 11.8 Å². The summed E-state index contributed by atoms with van der Waals surface area (Å²) >= 11 is 7.30. The first kappa shape index (κ1) is 17.7. The van der Waals surface area contributed by atoms with Gasteiger partial charge < -0.3 is 4.74 Å². The largest absolute Gasteiger partial charge is 0.465 e. The Morgan fingerprint density at radius 3 is 2.68 bits per heavy atom. The third kappa shape index (κ3) is 3.49. The van der Waals surface area contributed by atoms with Gasteiger partial charge in [-0.15, -0.1) is 11.3 Å². The topological polar surface area (TPSA) is 72.5 Å². The van der Waals surface area contributed by atoms with E-state index in [0.29, 0.717) is 21.2 Å². The molecule has 3 aromatic rings. The Morgan fingerprint density at radius 2 is 1.96 bits per heavy atom. The molecule has 0 spiro atoms. The first-order valence-electron chi connectivity index (χ1n) is 7.21. The third-order valence-electron chi connectivity index (χ3n) is 3.66. The lowest BCUT2D eigenvalue weighted by Crippen LogP contribution is -2.14. The minimum atomic E-state index is -3.77. The molecule has 0 saturated heterocycles. The maximum atomic E-state index is 12.6. The van der Waals surface area contributed by atoms with Gasteiger partial charge in [0.25, 0.3) is 10.0 Å². The number of hydrogen-bond acceptors (Lipinski definition) is 5. The van der Waals surface area contributed by atoms with Crippen LogP contribution < -0.4 is 4.72 Å². The molecule has 5 nitrogen and oxygen atoms in total.